The number of guanidine groups is 1. The second-order valence-corrected chi connectivity index (χ2v) is 5.59. The lowest BCUT2D eigenvalue weighted by Gasteiger charge is -2.32. The molecule has 23 heavy (non-hydrogen) atoms. The van der Waals surface area contributed by atoms with Crippen LogP contribution in [0.5, 0.6) is 5.75 Å². The Morgan fingerprint density at radius 1 is 1.13 bits per heavy atom. The molecule has 1 aliphatic heterocycles. The van der Waals surface area contributed by atoms with Gasteiger partial charge in [0.05, 0.1) is 12.8 Å². The Morgan fingerprint density at radius 3 is 2.65 bits per heavy atom. The molecule has 1 aliphatic rings. The van der Waals surface area contributed by atoms with E-state index in [0.29, 0.717) is 12.4 Å². The first kappa shape index (κ1) is 15.1. The number of rotatable bonds is 4. The van der Waals surface area contributed by atoms with Crippen molar-refractivity contribution in [2.75, 3.05) is 7.11 Å². The topological polar surface area (TPSA) is 85.7 Å². The zero-order chi connectivity index (χ0) is 16.3. The van der Waals surface area contributed by atoms with Gasteiger partial charge < -0.3 is 21.5 Å². The third-order valence-corrected chi connectivity index (χ3v) is 3.70. The number of nitrogens with one attached hydrogen (secondary N) is 1. The maximum atomic E-state index is 6.50. The molecule has 2 aromatic rings. The fourth-order valence-corrected chi connectivity index (χ4v) is 2.67. The van der Waals surface area contributed by atoms with Crippen molar-refractivity contribution in [1.82, 2.24) is 5.32 Å². The summed E-state index contributed by atoms with van der Waals surface area (Å²) in [6, 6.07) is 17.7. The lowest BCUT2D eigenvalue weighted by atomic mass is 9.96. The van der Waals surface area contributed by atoms with E-state index in [-0.39, 0.29) is 0 Å². The number of ether oxygens (including phenoxy) is 1. The second-order valence-electron chi connectivity index (χ2n) is 5.59. The predicted octanol–water partition coefficient (Wildman–Crippen LogP) is 1.85. The van der Waals surface area contributed by atoms with Gasteiger partial charge in [0, 0.05) is 12.0 Å². The number of hydrogen-bond acceptors (Lipinski definition) is 5. The van der Waals surface area contributed by atoms with Gasteiger partial charge in [-0.3, -0.25) is 0 Å². The molecule has 5 nitrogen and oxygen atoms in total. The van der Waals surface area contributed by atoms with Crippen LogP contribution in [-0.4, -0.2) is 18.7 Å². The van der Waals surface area contributed by atoms with Gasteiger partial charge in [-0.25, -0.2) is 4.99 Å². The second kappa shape index (κ2) is 6.14. The van der Waals surface area contributed by atoms with Crippen LogP contribution < -0.4 is 21.5 Å². The Labute approximate surface area is 135 Å². The summed E-state index contributed by atoms with van der Waals surface area (Å²) >= 11 is 0. The van der Waals surface area contributed by atoms with E-state index in [4.69, 9.17) is 16.2 Å². The molecule has 2 aromatic carbocycles. The molecule has 0 saturated carbocycles. The SMILES string of the molecule is COc1cccc(C2=CC(N)(Cc3ccccc3)NC(N)=N2)c1. The molecule has 0 aliphatic carbocycles. The molecule has 5 N–H and O–H groups in total. The van der Waals surface area contributed by atoms with Crippen LogP contribution in [0.25, 0.3) is 5.70 Å². The minimum Gasteiger partial charge on any atom is -0.497 e. The standard InChI is InChI=1S/C18H20N4O/c1-23-15-9-5-8-14(10-15)16-12-18(20,22-17(19)21-16)11-13-6-3-2-4-7-13/h2-10,12H,11,20H2,1H3,(H3,19,21,22). The Hall–Kier alpha value is -2.79. The van der Waals surface area contributed by atoms with Crippen LogP contribution in [-0.2, 0) is 6.42 Å². The van der Waals surface area contributed by atoms with Crippen molar-refractivity contribution in [3.8, 4) is 5.75 Å². The van der Waals surface area contributed by atoms with Crippen LogP contribution in [0.3, 0.4) is 0 Å². The van der Waals surface area contributed by atoms with Gasteiger partial charge in [0.2, 0.25) is 0 Å². The van der Waals surface area contributed by atoms with Gasteiger partial charge in [-0.15, -0.1) is 0 Å². The highest BCUT2D eigenvalue weighted by molar-refractivity contribution is 5.88. The van der Waals surface area contributed by atoms with Gasteiger partial charge in [-0.1, -0.05) is 42.5 Å². The van der Waals surface area contributed by atoms with Crippen molar-refractivity contribution in [1.29, 1.82) is 0 Å². The van der Waals surface area contributed by atoms with E-state index >= 15 is 0 Å². The summed E-state index contributed by atoms with van der Waals surface area (Å²) in [4.78, 5) is 4.37. The number of nitrogens with two attached hydrogens (primary N) is 2. The van der Waals surface area contributed by atoms with Gasteiger partial charge >= 0.3 is 0 Å². The summed E-state index contributed by atoms with van der Waals surface area (Å²) in [5.41, 5.74) is 14.4. The van der Waals surface area contributed by atoms with Crippen molar-refractivity contribution in [2.45, 2.75) is 12.1 Å². The van der Waals surface area contributed by atoms with Crippen molar-refractivity contribution in [3.63, 3.8) is 0 Å². The van der Waals surface area contributed by atoms with E-state index in [2.05, 4.69) is 10.3 Å². The number of benzene rings is 2. The fraction of sp³-hybridized carbons (Fsp3) is 0.167. The summed E-state index contributed by atoms with van der Waals surface area (Å²) in [6.45, 7) is 0. The molecule has 1 atom stereocenters. The summed E-state index contributed by atoms with van der Waals surface area (Å²) in [5, 5.41) is 3.07. The maximum Gasteiger partial charge on any atom is 0.195 e. The van der Waals surface area contributed by atoms with E-state index in [1.54, 1.807) is 7.11 Å². The van der Waals surface area contributed by atoms with Crippen molar-refractivity contribution in [2.24, 2.45) is 16.5 Å². The zero-order valence-corrected chi connectivity index (χ0v) is 13.0. The van der Waals surface area contributed by atoms with E-state index in [1.807, 2.05) is 60.7 Å². The van der Waals surface area contributed by atoms with Crippen molar-refractivity contribution >= 4 is 11.7 Å². The molecular weight excluding hydrogens is 288 g/mol. The molecule has 0 amide bonds. The van der Waals surface area contributed by atoms with E-state index < -0.39 is 5.66 Å². The molecule has 3 rings (SSSR count). The van der Waals surface area contributed by atoms with E-state index in [0.717, 1.165) is 22.6 Å². The molecule has 1 unspecified atom stereocenters. The maximum absolute atomic E-state index is 6.50. The number of aliphatic imine (C=N–C) groups is 1. The molecular formula is C18H20N4O. The minimum absolute atomic E-state index is 0.309. The molecule has 1 heterocycles. The number of methoxy groups -OCH3 is 1. The molecule has 0 saturated heterocycles. The first-order valence-electron chi connectivity index (χ1n) is 7.40. The largest absolute Gasteiger partial charge is 0.497 e. The van der Waals surface area contributed by atoms with Crippen LogP contribution in [0.15, 0.2) is 65.7 Å². The fourth-order valence-electron chi connectivity index (χ4n) is 2.67. The molecule has 118 valence electrons. The normalized spacial score (nSPS) is 20.3. The summed E-state index contributed by atoms with van der Waals surface area (Å²) < 4.78 is 5.27. The van der Waals surface area contributed by atoms with E-state index in [1.165, 1.54) is 0 Å². The van der Waals surface area contributed by atoms with Gasteiger partial charge in [0.15, 0.2) is 5.96 Å². The lowest BCUT2D eigenvalue weighted by molar-refractivity contribution is 0.414. The third-order valence-electron chi connectivity index (χ3n) is 3.70. The average molecular weight is 308 g/mol. The van der Waals surface area contributed by atoms with Crippen LogP contribution in [0.1, 0.15) is 11.1 Å². The Morgan fingerprint density at radius 2 is 1.91 bits per heavy atom. The molecule has 0 radical (unpaired) electrons. The van der Waals surface area contributed by atoms with Crippen LogP contribution in [0, 0.1) is 0 Å². The van der Waals surface area contributed by atoms with Gasteiger partial charge in [-0.2, -0.15) is 0 Å². The van der Waals surface area contributed by atoms with Gasteiger partial charge in [0.25, 0.3) is 0 Å². The quantitative estimate of drug-likeness (QED) is 0.804. The number of hydrogen-bond donors (Lipinski definition) is 3. The van der Waals surface area contributed by atoms with Gasteiger partial charge in [0.1, 0.15) is 11.4 Å². The third kappa shape index (κ3) is 3.52. The Kier molecular flexibility index (Phi) is 4.04. The first-order valence-corrected chi connectivity index (χ1v) is 7.40. The minimum atomic E-state index is -0.786. The zero-order valence-electron chi connectivity index (χ0n) is 13.0. The number of nitrogens with zero attached hydrogens (tertiary/aromatic N) is 1. The Bertz CT molecular complexity index is 755. The monoisotopic (exact) mass is 308 g/mol. The van der Waals surface area contributed by atoms with Crippen LogP contribution in [0.4, 0.5) is 0 Å². The Balaban J connectivity index is 1.94. The smallest absolute Gasteiger partial charge is 0.195 e. The first-order chi connectivity index (χ1) is 11.1. The highest BCUT2D eigenvalue weighted by atomic mass is 16.5. The predicted molar refractivity (Wildman–Crippen MR) is 92.8 cm³/mol. The van der Waals surface area contributed by atoms with Crippen LogP contribution >= 0.6 is 0 Å². The lowest BCUT2D eigenvalue weighted by Crippen LogP contribution is -2.59. The van der Waals surface area contributed by atoms with Crippen molar-refractivity contribution < 1.29 is 4.74 Å². The van der Waals surface area contributed by atoms with Gasteiger partial charge in [-0.05, 0) is 23.8 Å². The molecule has 0 spiro atoms. The highest BCUT2D eigenvalue weighted by Gasteiger charge is 2.28. The van der Waals surface area contributed by atoms with E-state index in [9.17, 15) is 0 Å². The molecule has 5 heteroatoms. The molecule has 0 aromatic heterocycles. The summed E-state index contributed by atoms with van der Waals surface area (Å²) in [7, 11) is 1.64. The molecule has 0 fully saturated rings. The summed E-state index contributed by atoms with van der Waals surface area (Å²) in [5.74, 6) is 1.07. The summed E-state index contributed by atoms with van der Waals surface area (Å²) in [6.07, 6.45) is 2.52. The van der Waals surface area contributed by atoms with Crippen molar-refractivity contribution in [3.05, 3.63) is 71.8 Å². The molecule has 0 bridgehead atoms. The highest BCUT2D eigenvalue weighted by Crippen LogP contribution is 2.26. The van der Waals surface area contributed by atoms with Crippen LogP contribution in [0.2, 0.25) is 0 Å². The average Bonchev–Trinajstić information content (AvgIpc) is 2.54.